The number of amides is 1. The first-order chi connectivity index (χ1) is 10.7. The number of H-pyrrole nitrogens is 1. The lowest BCUT2D eigenvalue weighted by molar-refractivity contribution is -0.125. The van der Waals surface area contributed by atoms with Crippen molar-refractivity contribution in [1.82, 2.24) is 10.3 Å². The lowest BCUT2D eigenvalue weighted by Gasteiger charge is -2.16. The van der Waals surface area contributed by atoms with E-state index < -0.39 is 18.0 Å². The van der Waals surface area contributed by atoms with Gasteiger partial charge in [-0.15, -0.1) is 0 Å². The summed E-state index contributed by atoms with van der Waals surface area (Å²) in [6, 6.07) is 6.32. The van der Waals surface area contributed by atoms with Gasteiger partial charge in [0.15, 0.2) is 0 Å². The molecule has 0 aliphatic carbocycles. The summed E-state index contributed by atoms with van der Waals surface area (Å²) in [5, 5.41) is 3.64. The maximum absolute atomic E-state index is 11.9. The number of carbonyl (C=O) groups excluding carboxylic acids is 3. The third-order valence-corrected chi connectivity index (χ3v) is 3.54. The van der Waals surface area contributed by atoms with Crippen molar-refractivity contribution >= 4 is 29.4 Å². The summed E-state index contributed by atoms with van der Waals surface area (Å²) in [5.74, 6) is -0.418. The van der Waals surface area contributed by atoms with Gasteiger partial charge in [-0.05, 0) is 18.1 Å². The molecule has 6 heteroatoms. The van der Waals surface area contributed by atoms with Crippen LogP contribution in [0.4, 0.5) is 0 Å². The molecule has 1 aromatic carbocycles. The minimum Gasteiger partial charge on any atom is -0.361 e. The Labute approximate surface area is 128 Å². The summed E-state index contributed by atoms with van der Waals surface area (Å²) in [6.07, 6.45) is 4.14. The Balaban J connectivity index is 2.01. The van der Waals surface area contributed by atoms with Crippen LogP contribution >= 0.6 is 0 Å². The quantitative estimate of drug-likeness (QED) is 0.624. The molecule has 2 rings (SSSR count). The van der Waals surface area contributed by atoms with Crippen LogP contribution in [0.15, 0.2) is 30.5 Å². The number of rotatable bonds is 8. The van der Waals surface area contributed by atoms with Crippen LogP contribution in [0.2, 0.25) is 0 Å². The fraction of sp³-hybridized carbons (Fsp3) is 0.312. The van der Waals surface area contributed by atoms with Gasteiger partial charge in [-0.1, -0.05) is 18.2 Å². The minimum absolute atomic E-state index is 0.225. The van der Waals surface area contributed by atoms with Crippen LogP contribution < -0.4 is 11.1 Å². The Morgan fingerprint density at radius 1 is 1.32 bits per heavy atom. The van der Waals surface area contributed by atoms with Gasteiger partial charge in [0, 0.05) is 29.9 Å². The molecule has 116 valence electrons. The first-order valence-corrected chi connectivity index (χ1v) is 7.15. The zero-order valence-electron chi connectivity index (χ0n) is 12.1. The highest BCUT2D eigenvalue weighted by atomic mass is 16.2. The molecule has 1 heterocycles. The minimum atomic E-state index is -0.782. The van der Waals surface area contributed by atoms with Crippen molar-refractivity contribution in [2.45, 2.75) is 31.3 Å². The Kier molecular flexibility index (Phi) is 5.43. The second kappa shape index (κ2) is 7.51. The summed E-state index contributed by atoms with van der Waals surface area (Å²) in [5.41, 5.74) is 7.61. The summed E-state index contributed by atoms with van der Waals surface area (Å²) in [4.78, 5) is 36.5. The van der Waals surface area contributed by atoms with Gasteiger partial charge in [-0.2, -0.15) is 0 Å². The molecule has 2 aromatic rings. The number of aromatic amines is 1. The van der Waals surface area contributed by atoms with Crippen LogP contribution in [-0.2, 0) is 20.8 Å². The van der Waals surface area contributed by atoms with E-state index in [-0.39, 0.29) is 12.8 Å². The highest BCUT2D eigenvalue weighted by Crippen LogP contribution is 2.18. The van der Waals surface area contributed by atoms with Crippen molar-refractivity contribution in [3.05, 3.63) is 36.0 Å². The smallest absolute Gasteiger partial charge is 0.237 e. The van der Waals surface area contributed by atoms with Crippen LogP contribution in [0.1, 0.15) is 18.4 Å². The number of aromatic nitrogens is 1. The molecule has 4 N–H and O–H groups in total. The molecule has 2 atom stereocenters. The molecule has 0 saturated carbocycles. The van der Waals surface area contributed by atoms with Gasteiger partial charge in [-0.25, -0.2) is 0 Å². The first kappa shape index (κ1) is 15.9. The van der Waals surface area contributed by atoms with E-state index in [1.54, 1.807) is 0 Å². The fourth-order valence-electron chi connectivity index (χ4n) is 2.34. The number of nitrogens with two attached hydrogens (primary N) is 1. The average Bonchev–Trinajstić information content (AvgIpc) is 2.95. The average molecular weight is 301 g/mol. The summed E-state index contributed by atoms with van der Waals surface area (Å²) < 4.78 is 0. The van der Waals surface area contributed by atoms with Crippen LogP contribution in [0.25, 0.3) is 10.9 Å². The molecule has 0 spiro atoms. The molecule has 0 aliphatic rings. The molecule has 0 saturated heterocycles. The Bertz CT molecular complexity index is 665. The van der Waals surface area contributed by atoms with E-state index >= 15 is 0 Å². The van der Waals surface area contributed by atoms with E-state index in [0.29, 0.717) is 12.7 Å². The number of benzene rings is 1. The van der Waals surface area contributed by atoms with Gasteiger partial charge in [0.25, 0.3) is 0 Å². The lowest BCUT2D eigenvalue weighted by atomic mass is 10.0. The second-order valence-corrected chi connectivity index (χ2v) is 5.17. The standard InChI is InChI=1S/C16H19N3O3/c17-14(5-3-7-20)16(22)19-12(10-21)8-11-9-18-15-6-2-1-4-13(11)15/h1-2,4,6-7,9-10,12,14,18H,3,5,8,17H2,(H,19,22). The normalized spacial score (nSPS) is 13.5. The zero-order chi connectivity index (χ0) is 15.9. The molecule has 0 aliphatic heterocycles. The number of hydrogen-bond acceptors (Lipinski definition) is 4. The van der Waals surface area contributed by atoms with E-state index in [2.05, 4.69) is 10.3 Å². The van der Waals surface area contributed by atoms with Crippen molar-refractivity contribution in [3.8, 4) is 0 Å². The van der Waals surface area contributed by atoms with Crippen molar-refractivity contribution in [2.24, 2.45) is 5.73 Å². The van der Waals surface area contributed by atoms with Crippen LogP contribution in [0.3, 0.4) is 0 Å². The Morgan fingerprint density at radius 3 is 2.82 bits per heavy atom. The first-order valence-electron chi connectivity index (χ1n) is 7.15. The molecule has 0 radical (unpaired) electrons. The van der Waals surface area contributed by atoms with Crippen molar-refractivity contribution < 1.29 is 14.4 Å². The SMILES string of the molecule is NC(CCC=O)C(=O)NC(C=O)Cc1c[nH]c2ccccc12. The second-order valence-electron chi connectivity index (χ2n) is 5.17. The molecule has 22 heavy (non-hydrogen) atoms. The zero-order valence-corrected chi connectivity index (χ0v) is 12.1. The highest BCUT2D eigenvalue weighted by molar-refractivity contribution is 5.86. The van der Waals surface area contributed by atoms with E-state index in [1.165, 1.54) is 0 Å². The maximum Gasteiger partial charge on any atom is 0.237 e. The van der Waals surface area contributed by atoms with E-state index in [1.807, 2.05) is 30.5 Å². The van der Waals surface area contributed by atoms with Crippen LogP contribution in [0, 0.1) is 0 Å². The monoisotopic (exact) mass is 301 g/mol. The number of nitrogens with one attached hydrogen (secondary N) is 2. The summed E-state index contributed by atoms with van der Waals surface area (Å²) in [7, 11) is 0. The van der Waals surface area contributed by atoms with Gasteiger partial charge in [0.1, 0.15) is 12.6 Å². The van der Waals surface area contributed by atoms with Gasteiger partial charge in [0.2, 0.25) is 5.91 Å². The number of para-hydroxylation sites is 1. The van der Waals surface area contributed by atoms with Crippen LogP contribution in [0.5, 0.6) is 0 Å². The Morgan fingerprint density at radius 2 is 2.09 bits per heavy atom. The largest absolute Gasteiger partial charge is 0.361 e. The fourth-order valence-corrected chi connectivity index (χ4v) is 2.34. The molecule has 1 amide bonds. The number of carbonyl (C=O) groups is 3. The number of hydrogen-bond donors (Lipinski definition) is 3. The molecule has 0 fully saturated rings. The molecular weight excluding hydrogens is 282 g/mol. The van der Waals surface area contributed by atoms with Crippen molar-refractivity contribution in [3.63, 3.8) is 0 Å². The summed E-state index contributed by atoms with van der Waals surface area (Å²) >= 11 is 0. The van der Waals surface area contributed by atoms with Crippen molar-refractivity contribution in [1.29, 1.82) is 0 Å². The molecule has 1 aromatic heterocycles. The van der Waals surface area contributed by atoms with Gasteiger partial charge in [0.05, 0.1) is 12.1 Å². The molecule has 0 bridgehead atoms. The third-order valence-electron chi connectivity index (χ3n) is 3.54. The molecular formula is C16H19N3O3. The predicted octanol–water partition coefficient (Wildman–Crippen LogP) is 0.701. The van der Waals surface area contributed by atoms with Crippen molar-refractivity contribution in [2.75, 3.05) is 0 Å². The van der Waals surface area contributed by atoms with E-state index in [9.17, 15) is 14.4 Å². The topological polar surface area (TPSA) is 105 Å². The van der Waals surface area contributed by atoms with Gasteiger partial charge in [-0.3, -0.25) is 4.79 Å². The Hall–Kier alpha value is -2.47. The highest BCUT2D eigenvalue weighted by Gasteiger charge is 2.18. The summed E-state index contributed by atoms with van der Waals surface area (Å²) in [6.45, 7) is 0. The maximum atomic E-state index is 11.9. The number of fused-ring (bicyclic) bond motifs is 1. The third kappa shape index (κ3) is 3.79. The van der Waals surface area contributed by atoms with Gasteiger partial charge >= 0.3 is 0 Å². The van der Waals surface area contributed by atoms with E-state index in [4.69, 9.17) is 5.73 Å². The van der Waals surface area contributed by atoms with Crippen LogP contribution in [-0.4, -0.2) is 35.5 Å². The van der Waals surface area contributed by atoms with Gasteiger partial charge < -0.3 is 25.6 Å². The predicted molar refractivity (Wildman–Crippen MR) is 83.3 cm³/mol. The number of aldehydes is 2. The molecule has 2 unspecified atom stereocenters. The van der Waals surface area contributed by atoms with E-state index in [0.717, 1.165) is 22.8 Å². The molecule has 6 nitrogen and oxygen atoms in total. The lowest BCUT2D eigenvalue weighted by Crippen LogP contribution is -2.46.